The van der Waals surface area contributed by atoms with Crippen molar-refractivity contribution >= 4 is 11.3 Å². The van der Waals surface area contributed by atoms with Gasteiger partial charge in [-0.15, -0.1) is 11.3 Å². The third kappa shape index (κ3) is 2.65. The average molecular weight is 248 g/mol. The molecule has 4 heteroatoms. The van der Waals surface area contributed by atoms with Crippen LogP contribution >= 0.6 is 11.3 Å². The van der Waals surface area contributed by atoms with Crippen molar-refractivity contribution in [3.8, 4) is 5.75 Å². The van der Waals surface area contributed by atoms with Gasteiger partial charge in [-0.2, -0.15) is 0 Å². The maximum absolute atomic E-state index is 5.60. The van der Waals surface area contributed by atoms with Gasteiger partial charge in [-0.25, -0.2) is 4.98 Å². The van der Waals surface area contributed by atoms with Crippen LogP contribution < -0.4 is 10.5 Å². The van der Waals surface area contributed by atoms with Crippen LogP contribution in [0.1, 0.15) is 21.1 Å². The van der Waals surface area contributed by atoms with Gasteiger partial charge in [-0.1, -0.05) is 18.2 Å². The van der Waals surface area contributed by atoms with Crippen LogP contribution in [0.3, 0.4) is 0 Å². The number of rotatable bonds is 4. The van der Waals surface area contributed by atoms with E-state index in [0.29, 0.717) is 6.54 Å². The van der Waals surface area contributed by atoms with Crippen molar-refractivity contribution in [1.29, 1.82) is 0 Å². The lowest BCUT2D eigenvalue weighted by Gasteiger charge is -2.06. The van der Waals surface area contributed by atoms with E-state index in [-0.39, 0.29) is 0 Å². The van der Waals surface area contributed by atoms with E-state index in [1.54, 1.807) is 18.4 Å². The number of thiazole rings is 1. The standard InChI is InChI=1S/C13H16N2OS/c1-9-12(17-13(8-14)15-9)7-10-5-3-4-6-11(10)16-2/h3-6H,7-8,14H2,1-2H3. The molecule has 1 aromatic heterocycles. The van der Waals surface area contributed by atoms with Crippen LogP contribution in [0.15, 0.2) is 24.3 Å². The summed E-state index contributed by atoms with van der Waals surface area (Å²) >= 11 is 1.68. The minimum Gasteiger partial charge on any atom is -0.496 e. The van der Waals surface area contributed by atoms with Crippen LogP contribution in [-0.4, -0.2) is 12.1 Å². The summed E-state index contributed by atoms with van der Waals surface area (Å²) in [5.74, 6) is 0.926. The number of aromatic nitrogens is 1. The molecule has 0 fully saturated rings. The van der Waals surface area contributed by atoms with E-state index in [9.17, 15) is 0 Å². The van der Waals surface area contributed by atoms with Crippen molar-refractivity contribution in [2.45, 2.75) is 19.9 Å². The van der Waals surface area contributed by atoms with Gasteiger partial charge < -0.3 is 10.5 Å². The fourth-order valence-corrected chi connectivity index (χ4v) is 2.73. The van der Waals surface area contributed by atoms with E-state index in [0.717, 1.165) is 22.9 Å². The Labute approximate surface area is 105 Å². The Morgan fingerprint density at radius 3 is 2.76 bits per heavy atom. The van der Waals surface area contributed by atoms with Crippen LogP contribution in [0.25, 0.3) is 0 Å². The first-order chi connectivity index (χ1) is 8.24. The van der Waals surface area contributed by atoms with E-state index < -0.39 is 0 Å². The van der Waals surface area contributed by atoms with Gasteiger partial charge in [0, 0.05) is 17.8 Å². The van der Waals surface area contributed by atoms with Crippen molar-refractivity contribution in [1.82, 2.24) is 4.98 Å². The molecule has 0 saturated carbocycles. The number of ether oxygens (including phenoxy) is 1. The minimum atomic E-state index is 0.511. The first-order valence-corrected chi connectivity index (χ1v) is 6.33. The topological polar surface area (TPSA) is 48.1 Å². The number of nitrogens with zero attached hydrogens (tertiary/aromatic N) is 1. The Morgan fingerprint density at radius 2 is 2.12 bits per heavy atom. The van der Waals surface area contributed by atoms with Crippen molar-refractivity contribution in [3.63, 3.8) is 0 Å². The summed E-state index contributed by atoms with van der Waals surface area (Å²) in [7, 11) is 1.70. The Kier molecular flexibility index (Phi) is 3.76. The van der Waals surface area contributed by atoms with Crippen molar-refractivity contribution in [2.24, 2.45) is 5.73 Å². The van der Waals surface area contributed by atoms with Crippen molar-refractivity contribution < 1.29 is 4.74 Å². The van der Waals surface area contributed by atoms with Crippen molar-refractivity contribution in [3.05, 3.63) is 45.4 Å². The lowest BCUT2D eigenvalue weighted by atomic mass is 10.1. The van der Waals surface area contributed by atoms with Gasteiger partial charge in [0.15, 0.2) is 0 Å². The molecule has 1 aromatic carbocycles. The molecule has 0 bridgehead atoms. The van der Waals surface area contributed by atoms with Gasteiger partial charge >= 0.3 is 0 Å². The fraction of sp³-hybridized carbons (Fsp3) is 0.308. The van der Waals surface area contributed by atoms with E-state index in [1.807, 2.05) is 25.1 Å². The van der Waals surface area contributed by atoms with E-state index in [1.165, 1.54) is 10.4 Å². The van der Waals surface area contributed by atoms with Gasteiger partial charge in [0.05, 0.1) is 12.8 Å². The van der Waals surface area contributed by atoms with Crippen LogP contribution in [-0.2, 0) is 13.0 Å². The number of benzene rings is 1. The summed E-state index contributed by atoms with van der Waals surface area (Å²) in [6.45, 7) is 2.54. The minimum absolute atomic E-state index is 0.511. The predicted octanol–water partition coefficient (Wildman–Crippen LogP) is 2.51. The number of methoxy groups -OCH3 is 1. The largest absolute Gasteiger partial charge is 0.496 e. The highest BCUT2D eigenvalue weighted by atomic mass is 32.1. The third-order valence-corrected chi connectivity index (χ3v) is 3.83. The molecule has 0 aliphatic rings. The third-order valence-electron chi connectivity index (χ3n) is 2.66. The number of aryl methyl sites for hydroxylation is 1. The van der Waals surface area contributed by atoms with Gasteiger partial charge in [0.1, 0.15) is 10.8 Å². The number of hydrogen-bond donors (Lipinski definition) is 1. The summed E-state index contributed by atoms with van der Waals surface area (Å²) < 4.78 is 5.35. The summed E-state index contributed by atoms with van der Waals surface area (Å²) in [6.07, 6.45) is 0.855. The molecule has 0 radical (unpaired) electrons. The highest BCUT2D eigenvalue weighted by molar-refractivity contribution is 7.11. The van der Waals surface area contributed by atoms with Gasteiger partial charge in [0.25, 0.3) is 0 Å². The SMILES string of the molecule is COc1ccccc1Cc1sc(CN)nc1C. The first-order valence-electron chi connectivity index (χ1n) is 5.51. The predicted molar refractivity (Wildman–Crippen MR) is 70.5 cm³/mol. The summed E-state index contributed by atoms with van der Waals surface area (Å²) in [5.41, 5.74) is 7.86. The lowest BCUT2D eigenvalue weighted by Crippen LogP contribution is -1.94. The number of nitrogens with two attached hydrogens (primary N) is 1. The second-order valence-corrected chi connectivity index (χ2v) is 4.98. The van der Waals surface area contributed by atoms with Crippen LogP contribution in [0.5, 0.6) is 5.75 Å². The molecule has 3 nitrogen and oxygen atoms in total. The molecule has 0 spiro atoms. The zero-order chi connectivity index (χ0) is 12.3. The number of hydrogen-bond acceptors (Lipinski definition) is 4. The molecular weight excluding hydrogens is 232 g/mol. The highest BCUT2D eigenvalue weighted by Crippen LogP contribution is 2.26. The zero-order valence-electron chi connectivity index (χ0n) is 10.1. The molecule has 0 aliphatic carbocycles. The normalized spacial score (nSPS) is 10.5. The van der Waals surface area contributed by atoms with Crippen LogP contribution in [0, 0.1) is 6.92 Å². The monoisotopic (exact) mass is 248 g/mol. The van der Waals surface area contributed by atoms with E-state index in [2.05, 4.69) is 11.1 Å². The second kappa shape index (κ2) is 5.29. The maximum atomic E-state index is 5.60. The maximum Gasteiger partial charge on any atom is 0.122 e. The first kappa shape index (κ1) is 12.1. The molecule has 0 unspecified atom stereocenters. The second-order valence-electron chi connectivity index (χ2n) is 3.81. The summed E-state index contributed by atoms with van der Waals surface area (Å²) in [6, 6.07) is 8.07. The Balaban J connectivity index is 2.27. The molecular formula is C13H16N2OS. The molecule has 90 valence electrons. The van der Waals surface area contributed by atoms with Crippen molar-refractivity contribution in [2.75, 3.05) is 7.11 Å². The molecule has 0 amide bonds. The molecule has 17 heavy (non-hydrogen) atoms. The van der Waals surface area contributed by atoms with Gasteiger partial charge in [0.2, 0.25) is 0 Å². The molecule has 2 rings (SSSR count). The van der Waals surface area contributed by atoms with Gasteiger partial charge in [-0.3, -0.25) is 0 Å². The number of para-hydroxylation sites is 1. The van der Waals surface area contributed by atoms with E-state index >= 15 is 0 Å². The molecule has 2 aromatic rings. The Morgan fingerprint density at radius 1 is 1.35 bits per heavy atom. The molecule has 0 atom stereocenters. The summed E-state index contributed by atoms with van der Waals surface area (Å²) in [5, 5.41) is 0.993. The quantitative estimate of drug-likeness (QED) is 0.904. The molecule has 0 aliphatic heterocycles. The zero-order valence-corrected chi connectivity index (χ0v) is 10.9. The Bertz CT molecular complexity index is 508. The van der Waals surface area contributed by atoms with Gasteiger partial charge in [-0.05, 0) is 18.6 Å². The van der Waals surface area contributed by atoms with Crippen LogP contribution in [0.4, 0.5) is 0 Å². The average Bonchev–Trinajstić information content (AvgIpc) is 2.71. The lowest BCUT2D eigenvalue weighted by molar-refractivity contribution is 0.410. The van der Waals surface area contributed by atoms with Crippen LogP contribution in [0.2, 0.25) is 0 Å². The van der Waals surface area contributed by atoms with E-state index in [4.69, 9.17) is 10.5 Å². The Hall–Kier alpha value is -1.39. The smallest absolute Gasteiger partial charge is 0.122 e. The molecule has 2 N–H and O–H groups in total. The fourth-order valence-electron chi connectivity index (χ4n) is 1.76. The summed E-state index contributed by atoms with van der Waals surface area (Å²) in [4.78, 5) is 5.69. The highest BCUT2D eigenvalue weighted by Gasteiger charge is 2.09. The molecule has 1 heterocycles. The molecule has 0 saturated heterocycles.